The van der Waals surface area contributed by atoms with Crippen molar-refractivity contribution < 1.29 is 4.79 Å². The van der Waals surface area contributed by atoms with Gasteiger partial charge >= 0.3 is 0 Å². The van der Waals surface area contributed by atoms with Gasteiger partial charge in [0, 0.05) is 31.4 Å². The van der Waals surface area contributed by atoms with Crippen molar-refractivity contribution in [1.29, 1.82) is 0 Å². The number of pyridine rings is 1. The van der Waals surface area contributed by atoms with Crippen molar-refractivity contribution in [3.05, 3.63) is 41.3 Å². The van der Waals surface area contributed by atoms with Crippen molar-refractivity contribution >= 4 is 5.91 Å². The summed E-state index contributed by atoms with van der Waals surface area (Å²) in [6, 6.07) is 5.72. The monoisotopic (exact) mass is 287 g/mol. The average molecular weight is 287 g/mol. The highest BCUT2D eigenvalue weighted by atomic mass is 16.1. The number of aromatic nitrogens is 3. The normalized spacial score (nSPS) is 10.6. The molecule has 0 aliphatic heterocycles. The lowest BCUT2D eigenvalue weighted by atomic mass is 10.1. The molecule has 0 aliphatic carbocycles. The maximum atomic E-state index is 11.7. The third-order valence-corrected chi connectivity index (χ3v) is 3.38. The number of nitrogens with zero attached hydrogens (tertiary/aromatic N) is 3. The summed E-state index contributed by atoms with van der Waals surface area (Å²) in [5.74, 6) is 0.807. The first-order valence-electron chi connectivity index (χ1n) is 7.06. The number of nitrogens with one attached hydrogen (secondary N) is 1. The maximum absolute atomic E-state index is 11.7. The SMILES string of the molecule is Cc1nn(-c2ccccn2)c(C)c1CCC(=O)NCCN. The predicted octanol–water partition coefficient (Wildman–Crippen LogP) is 0.892. The molecule has 0 radical (unpaired) electrons. The molecule has 2 aromatic heterocycles. The fourth-order valence-corrected chi connectivity index (χ4v) is 2.28. The Labute approximate surface area is 124 Å². The molecule has 112 valence electrons. The van der Waals surface area contributed by atoms with Gasteiger partial charge in [0.25, 0.3) is 0 Å². The van der Waals surface area contributed by atoms with Gasteiger partial charge in [-0.05, 0) is 38.0 Å². The molecule has 0 unspecified atom stereocenters. The van der Waals surface area contributed by atoms with E-state index in [9.17, 15) is 4.79 Å². The summed E-state index contributed by atoms with van der Waals surface area (Å²) in [4.78, 5) is 16.0. The lowest BCUT2D eigenvalue weighted by molar-refractivity contribution is -0.120. The van der Waals surface area contributed by atoms with Crippen LogP contribution in [0.5, 0.6) is 0 Å². The largest absolute Gasteiger partial charge is 0.355 e. The fraction of sp³-hybridized carbons (Fsp3) is 0.400. The lowest BCUT2D eigenvalue weighted by Crippen LogP contribution is -2.29. The second-order valence-electron chi connectivity index (χ2n) is 4.89. The lowest BCUT2D eigenvalue weighted by Gasteiger charge is -2.05. The second-order valence-corrected chi connectivity index (χ2v) is 4.89. The van der Waals surface area contributed by atoms with Crippen LogP contribution in [0, 0.1) is 13.8 Å². The Morgan fingerprint density at radius 2 is 2.19 bits per heavy atom. The van der Waals surface area contributed by atoms with Crippen LogP contribution in [-0.2, 0) is 11.2 Å². The molecule has 2 heterocycles. The number of amides is 1. The number of carbonyl (C=O) groups is 1. The summed E-state index contributed by atoms with van der Waals surface area (Å²) >= 11 is 0. The summed E-state index contributed by atoms with van der Waals surface area (Å²) in [6.07, 6.45) is 2.85. The van der Waals surface area contributed by atoms with Gasteiger partial charge in [-0.25, -0.2) is 9.67 Å². The van der Waals surface area contributed by atoms with Crippen LogP contribution in [0.1, 0.15) is 23.4 Å². The van der Waals surface area contributed by atoms with Crippen molar-refractivity contribution in [3.8, 4) is 5.82 Å². The molecule has 0 atom stereocenters. The van der Waals surface area contributed by atoms with Gasteiger partial charge in [0.15, 0.2) is 5.82 Å². The zero-order chi connectivity index (χ0) is 15.2. The number of carbonyl (C=O) groups excluding carboxylic acids is 1. The summed E-state index contributed by atoms with van der Waals surface area (Å²) in [6.45, 7) is 4.94. The van der Waals surface area contributed by atoms with Gasteiger partial charge in [-0.2, -0.15) is 5.10 Å². The van der Waals surface area contributed by atoms with E-state index in [0.717, 1.165) is 22.8 Å². The molecule has 1 amide bonds. The van der Waals surface area contributed by atoms with Crippen molar-refractivity contribution in [2.75, 3.05) is 13.1 Å². The standard InChI is InChI=1S/C15H21N5O/c1-11-13(6-7-15(21)18-10-8-16)12(2)20(19-11)14-5-3-4-9-17-14/h3-5,9H,6-8,10,16H2,1-2H3,(H,18,21). The highest BCUT2D eigenvalue weighted by Crippen LogP contribution is 2.18. The number of hydrogen-bond donors (Lipinski definition) is 2. The average Bonchev–Trinajstić information content (AvgIpc) is 2.79. The minimum absolute atomic E-state index is 0.0184. The second kappa shape index (κ2) is 6.99. The predicted molar refractivity (Wildman–Crippen MR) is 81.2 cm³/mol. The highest BCUT2D eigenvalue weighted by molar-refractivity contribution is 5.76. The summed E-state index contributed by atoms with van der Waals surface area (Å²) in [5, 5.41) is 7.30. The van der Waals surface area contributed by atoms with Crippen LogP contribution < -0.4 is 11.1 Å². The Morgan fingerprint density at radius 1 is 1.38 bits per heavy atom. The van der Waals surface area contributed by atoms with Gasteiger partial charge in [-0.3, -0.25) is 4.79 Å². The van der Waals surface area contributed by atoms with E-state index < -0.39 is 0 Å². The van der Waals surface area contributed by atoms with E-state index in [2.05, 4.69) is 15.4 Å². The first-order valence-corrected chi connectivity index (χ1v) is 7.06. The Balaban J connectivity index is 2.11. The summed E-state index contributed by atoms with van der Waals surface area (Å²) in [5.41, 5.74) is 8.43. The van der Waals surface area contributed by atoms with E-state index in [1.165, 1.54) is 0 Å². The molecule has 3 N–H and O–H groups in total. The van der Waals surface area contributed by atoms with Crippen LogP contribution in [0.2, 0.25) is 0 Å². The Kier molecular flexibility index (Phi) is 5.05. The Bertz CT molecular complexity index is 606. The Hall–Kier alpha value is -2.21. The van der Waals surface area contributed by atoms with E-state index in [0.29, 0.717) is 25.9 Å². The molecule has 21 heavy (non-hydrogen) atoms. The highest BCUT2D eigenvalue weighted by Gasteiger charge is 2.14. The molecule has 0 saturated heterocycles. The fourth-order valence-electron chi connectivity index (χ4n) is 2.28. The maximum Gasteiger partial charge on any atom is 0.220 e. The van der Waals surface area contributed by atoms with Crippen LogP contribution in [0.3, 0.4) is 0 Å². The van der Waals surface area contributed by atoms with Gasteiger partial charge in [-0.1, -0.05) is 6.07 Å². The zero-order valence-corrected chi connectivity index (χ0v) is 12.5. The number of aryl methyl sites for hydroxylation is 1. The minimum atomic E-state index is 0.0184. The van der Waals surface area contributed by atoms with Gasteiger partial charge in [0.05, 0.1) is 5.69 Å². The van der Waals surface area contributed by atoms with Crippen LogP contribution >= 0.6 is 0 Å². The van der Waals surface area contributed by atoms with Crippen LogP contribution in [0.4, 0.5) is 0 Å². The summed E-state index contributed by atoms with van der Waals surface area (Å²) in [7, 11) is 0. The molecule has 2 rings (SSSR count). The molecule has 0 fully saturated rings. The van der Waals surface area contributed by atoms with E-state index >= 15 is 0 Å². The number of hydrogen-bond acceptors (Lipinski definition) is 4. The van der Waals surface area contributed by atoms with E-state index in [4.69, 9.17) is 5.73 Å². The van der Waals surface area contributed by atoms with Crippen LogP contribution in [0.15, 0.2) is 24.4 Å². The van der Waals surface area contributed by atoms with E-state index in [-0.39, 0.29) is 5.91 Å². The molecule has 0 aromatic carbocycles. The topological polar surface area (TPSA) is 85.8 Å². The van der Waals surface area contributed by atoms with Gasteiger partial charge in [0.1, 0.15) is 0 Å². The first-order chi connectivity index (χ1) is 10.1. The van der Waals surface area contributed by atoms with Crippen molar-refractivity contribution in [1.82, 2.24) is 20.1 Å². The molecule has 6 heteroatoms. The van der Waals surface area contributed by atoms with Crippen LogP contribution in [-0.4, -0.2) is 33.8 Å². The molecule has 6 nitrogen and oxygen atoms in total. The molecule has 0 aliphatic rings. The van der Waals surface area contributed by atoms with Crippen molar-refractivity contribution in [2.45, 2.75) is 26.7 Å². The van der Waals surface area contributed by atoms with E-state index in [1.54, 1.807) is 6.20 Å². The smallest absolute Gasteiger partial charge is 0.220 e. The quantitative estimate of drug-likeness (QED) is 0.826. The molecule has 0 spiro atoms. The molecule has 2 aromatic rings. The van der Waals surface area contributed by atoms with Crippen LogP contribution in [0.25, 0.3) is 5.82 Å². The molecule has 0 saturated carbocycles. The van der Waals surface area contributed by atoms with Gasteiger partial charge in [-0.15, -0.1) is 0 Å². The van der Waals surface area contributed by atoms with E-state index in [1.807, 2.05) is 36.7 Å². The first kappa shape index (κ1) is 15.2. The molecule has 0 bridgehead atoms. The third-order valence-electron chi connectivity index (χ3n) is 3.38. The number of rotatable bonds is 6. The third kappa shape index (κ3) is 3.66. The van der Waals surface area contributed by atoms with Crippen molar-refractivity contribution in [3.63, 3.8) is 0 Å². The summed E-state index contributed by atoms with van der Waals surface area (Å²) < 4.78 is 1.82. The minimum Gasteiger partial charge on any atom is -0.355 e. The Morgan fingerprint density at radius 3 is 2.86 bits per heavy atom. The zero-order valence-electron chi connectivity index (χ0n) is 12.5. The van der Waals surface area contributed by atoms with Crippen molar-refractivity contribution in [2.24, 2.45) is 5.73 Å². The molecular weight excluding hydrogens is 266 g/mol. The number of nitrogens with two attached hydrogens (primary N) is 1. The molecular formula is C15H21N5O. The van der Waals surface area contributed by atoms with Gasteiger partial charge in [0.2, 0.25) is 5.91 Å². The van der Waals surface area contributed by atoms with Gasteiger partial charge < -0.3 is 11.1 Å².